The number of fused-ring (bicyclic) bond motifs is 1. The van der Waals surface area contributed by atoms with Gasteiger partial charge in [0.05, 0.1) is 30.8 Å². The zero-order valence-electron chi connectivity index (χ0n) is 49.7. The third kappa shape index (κ3) is 21.5. The first-order valence-electron chi connectivity index (χ1n) is 28.8. The molecule has 19 N–H and O–H groups in total. The number of carbonyl (C=O) groups is 10. The number of aromatic nitrogens is 1. The molecule has 0 spiro atoms. The van der Waals surface area contributed by atoms with E-state index in [1.54, 1.807) is 50.4 Å². The molecule has 476 valence electrons. The highest BCUT2D eigenvalue weighted by Gasteiger charge is 2.43. The van der Waals surface area contributed by atoms with Gasteiger partial charge in [-0.2, -0.15) is 0 Å². The van der Waals surface area contributed by atoms with Gasteiger partial charge in [-0.25, -0.2) is 0 Å². The van der Waals surface area contributed by atoms with Crippen LogP contribution in [0.25, 0.3) is 10.9 Å². The fourth-order valence-electron chi connectivity index (χ4n) is 9.96. The van der Waals surface area contributed by atoms with Gasteiger partial charge in [0.1, 0.15) is 48.0 Å². The number of hydrogen-bond acceptors (Lipinski definition) is 15. The Balaban J connectivity index is 1.30. The minimum absolute atomic E-state index is 0.0329. The van der Waals surface area contributed by atoms with Crippen LogP contribution in [0.2, 0.25) is 0 Å². The number of phenolic OH excluding ortho intramolecular Hbond substituents is 1. The summed E-state index contributed by atoms with van der Waals surface area (Å²) in [7, 11) is 1.49. The van der Waals surface area contributed by atoms with Gasteiger partial charge in [-0.3, -0.25) is 52.9 Å². The maximum atomic E-state index is 14.2. The smallest absolute Gasteiger partial charge is 0.246 e. The Labute approximate surface area is 508 Å². The number of phenols is 1. The molecule has 5 rings (SSSR count). The minimum Gasteiger partial charge on any atom is -0.508 e. The Morgan fingerprint density at radius 2 is 1.35 bits per heavy atom. The summed E-state index contributed by atoms with van der Waals surface area (Å²) in [6.07, 6.45) is -1.76. The number of likely N-dealkylation sites (tertiary alicyclic amines) is 1. The van der Waals surface area contributed by atoms with E-state index in [0.29, 0.717) is 16.7 Å². The molecule has 88 heavy (non-hydrogen) atoms. The summed E-state index contributed by atoms with van der Waals surface area (Å²) >= 11 is 0. The molecule has 11 atom stereocenters. The number of aliphatic hydroxyl groups is 3. The van der Waals surface area contributed by atoms with Crippen molar-refractivity contribution in [1.29, 1.82) is 0 Å². The van der Waals surface area contributed by atoms with Gasteiger partial charge >= 0.3 is 0 Å². The highest BCUT2D eigenvalue weighted by atomic mass is 16.3. The molecule has 10 amide bonds. The Bertz CT molecular complexity index is 3140. The second-order valence-electron chi connectivity index (χ2n) is 22.1. The summed E-state index contributed by atoms with van der Waals surface area (Å²) < 4.78 is 0. The lowest BCUT2D eigenvalue weighted by Gasteiger charge is -2.30. The zero-order chi connectivity index (χ0) is 64.8. The predicted molar refractivity (Wildman–Crippen MR) is 323 cm³/mol. The van der Waals surface area contributed by atoms with Gasteiger partial charge in [0.2, 0.25) is 59.1 Å². The molecular formula is C60H82N14O14. The van der Waals surface area contributed by atoms with Crippen LogP contribution in [0.1, 0.15) is 76.5 Å². The number of aliphatic imine (C=N–C) groups is 1. The van der Waals surface area contributed by atoms with E-state index in [1.165, 1.54) is 38.2 Å². The van der Waals surface area contributed by atoms with Gasteiger partial charge in [0.15, 0.2) is 5.96 Å². The number of H-pyrrole nitrogens is 1. The van der Waals surface area contributed by atoms with E-state index >= 15 is 0 Å². The number of nitrogens with zero attached hydrogens (tertiary/aromatic N) is 2. The van der Waals surface area contributed by atoms with Crippen LogP contribution in [0.3, 0.4) is 0 Å². The number of aliphatic hydroxyl groups excluding tert-OH is 3. The van der Waals surface area contributed by atoms with Crippen molar-refractivity contribution < 1.29 is 68.4 Å². The van der Waals surface area contributed by atoms with Crippen LogP contribution in [-0.4, -0.2) is 182 Å². The molecule has 28 nitrogen and oxygen atoms in total. The van der Waals surface area contributed by atoms with Crippen LogP contribution in [0.4, 0.5) is 0 Å². The lowest BCUT2D eigenvalue weighted by molar-refractivity contribution is -0.142. The molecule has 1 fully saturated rings. The van der Waals surface area contributed by atoms with Crippen molar-refractivity contribution in [3.05, 3.63) is 114 Å². The lowest BCUT2D eigenvalue weighted by atomic mass is 9.99. The van der Waals surface area contributed by atoms with Crippen molar-refractivity contribution in [2.45, 2.75) is 146 Å². The first-order valence-corrected chi connectivity index (χ1v) is 28.8. The van der Waals surface area contributed by atoms with Crippen LogP contribution >= 0.6 is 0 Å². The van der Waals surface area contributed by atoms with Gasteiger partial charge in [-0.15, -0.1) is 0 Å². The predicted octanol–water partition coefficient (Wildman–Crippen LogP) is -2.70. The fraction of sp³-hybridized carbons (Fsp3) is 0.450. The second-order valence-corrected chi connectivity index (χ2v) is 22.1. The van der Waals surface area contributed by atoms with E-state index in [-0.39, 0.29) is 75.7 Å². The van der Waals surface area contributed by atoms with E-state index in [1.807, 2.05) is 24.3 Å². The summed E-state index contributed by atoms with van der Waals surface area (Å²) in [6.45, 7) is 5.84. The van der Waals surface area contributed by atoms with E-state index < -0.39 is 132 Å². The van der Waals surface area contributed by atoms with Gasteiger partial charge in [-0.05, 0) is 79.5 Å². The first-order chi connectivity index (χ1) is 41.7. The SMILES string of the molecule is CN=C(N)NCCC[C@H](NC(=O)[C@H](CC(C)C)NC(=O)/C=C/[C@H](O)[C@H](Cc1ccccc1)NC(=O)[C@@H](NC(=O)[C@H](CC(N)=O)NC(=O)[C@@H]1C[C@@H](O)CN1C(=O)[C@@H](Cc1ccc(O)cc1)NC(C)=O)[C@@H](C)O)C(=O)N[C@@H](Cc1c[nH]c2ccccc12)C(N)=O. The Kier molecular flexibility index (Phi) is 26.4. The normalized spacial score (nSPS) is 17.2. The number of aromatic hydroxyl groups is 1. The molecule has 0 aliphatic carbocycles. The van der Waals surface area contributed by atoms with Crippen LogP contribution in [-0.2, 0) is 67.2 Å². The van der Waals surface area contributed by atoms with Gasteiger partial charge < -0.3 is 90.0 Å². The van der Waals surface area contributed by atoms with Gasteiger partial charge in [-0.1, -0.05) is 74.5 Å². The molecule has 1 aliphatic heterocycles. The Morgan fingerprint density at radius 1 is 0.716 bits per heavy atom. The maximum absolute atomic E-state index is 14.2. The maximum Gasteiger partial charge on any atom is 0.246 e. The number of rotatable bonds is 32. The lowest BCUT2D eigenvalue weighted by Crippen LogP contribution is -2.61. The first kappa shape index (κ1) is 69.4. The van der Waals surface area contributed by atoms with Crippen molar-refractivity contribution in [2.24, 2.45) is 28.1 Å². The standard InChI is InChI=1S/C60H82N14O14/c1-32(2)24-45(55(84)69-42(16-11-23-65-60(63)64-5)54(83)71-44(53(62)82)27-37-30-66-41-15-10-9-14-40(37)41)68-51(81)22-21-49(79)43(25-35-12-7-6-8-13-35)70-58(87)52(33(3)75)73-56(85)46(29-50(61)80)72-57(86)48-28-39(78)31-74(48)59(88)47(67-34(4)76)26-36-17-19-38(77)20-18-36/h6-10,12-15,17-22,30,32-33,39,42-49,52,66,75,77-79H,11,16,23-29,31H2,1-5H3,(H2,61,80)(H2,62,82)(H,67,76)(H,68,81)(H,69,84)(H,70,87)(H,71,83)(H,72,86)(H,73,85)(H3,63,64,65)/b22-21+/t33-,39-,42+,43+,44+,45+,46+,47-,48+,49+,52+/m1/s1. The van der Waals surface area contributed by atoms with E-state index in [9.17, 15) is 68.4 Å². The highest BCUT2D eigenvalue weighted by Crippen LogP contribution is 2.23. The van der Waals surface area contributed by atoms with Gasteiger partial charge in [0, 0.05) is 69.5 Å². The van der Waals surface area contributed by atoms with Crippen molar-refractivity contribution in [1.82, 2.24) is 52.4 Å². The summed E-state index contributed by atoms with van der Waals surface area (Å²) in [4.78, 5) is 143. The number of amides is 10. The average molecular weight is 1220 g/mol. The van der Waals surface area contributed by atoms with Crippen LogP contribution in [0.15, 0.2) is 102 Å². The number of benzene rings is 3. The molecular weight excluding hydrogens is 1140 g/mol. The zero-order valence-corrected chi connectivity index (χ0v) is 49.7. The second kappa shape index (κ2) is 33.5. The molecule has 1 saturated heterocycles. The number of guanidine groups is 1. The molecule has 2 heterocycles. The quantitative estimate of drug-likeness (QED) is 0.0102. The van der Waals surface area contributed by atoms with Crippen LogP contribution in [0.5, 0.6) is 5.75 Å². The highest BCUT2D eigenvalue weighted by molar-refractivity contribution is 5.99. The number of hydrogen-bond donors (Lipinski definition) is 16. The number of carbonyl (C=O) groups excluding carboxylic acids is 10. The molecule has 28 heteroatoms. The molecule has 0 unspecified atom stereocenters. The summed E-state index contributed by atoms with van der Waals surface area (Å²) in [5.74, 6) is -8.95. The molecule has 1 aliphatic rings. The van der Waals surface area contributed by atoms with Crippen molar-refractivity contribution >= 4 is 75.9 Å². The molecule has 1 aromatic heterocycles. The molecule has 0 saturated carbocycles. The molecule has 0 radical (unpaired) electrons. The van der Waals surface area contributed by atoms with Crippen molar-refractivity contribution in [3.8, 4) is 5.75 Å². The average Bonchev–Trinajstić information content (AvgIpc) is 2.76. The Morgan fingerprint density at radius 3 is 1.99 bits per heavy atom. The Hall–Kier alpha value is -9.41. The number of primary amides is 2. The molecule has 4 aromatic rings. The third-order valence-corrected chi connectivity index (χ3v) is 14.4. The summed E-state index contributed by atoms with van der Waals surface area (Å²) in [5, 5.41) is 64.7. The van der Waals surface area contributed by atoms with E-state index in [0.717, 1.165) is 34.9 Å². The van der Waals surface area contributed by atoms with Crippen LogP contribution in [0, 0.1) is 5.92 Å². The van der Waals surface area contributed by atoms with Gasteiger partial charge in [0.25, 0.3) is 0 Å². The minimum atomic E-state index is -1.83. The fourth-order valence-corrected chi connectivity index (χ4v) is 9.96. The van der Waals surface area contributed by atoms with E-state index in [2.05, 4.69) is 52.5 Å². The summed E-state index contributed by atoms with van der Waals surface area (Å²) in [6, 6.07) is 10.4. The monoisotopic (exact) mass is 1220 g/mol. The van der Waals surface area contributed by atoms with Crippen molar-refractivity contribution in [2.75, 3.05) is 20.1 Å². The van der Waals surface area contributed by atoms with Crippen LogP contribution < -0.4 is 59.7 Å². The largest absolute Gasteiger partial charge is 0.508 e. The summed E-state index contributed by atoms with van der Waals surface area (Å²) in [5.41, 5.74) is 19.7. The molecule has 3 aromatic carbocycles. The number of aromatic amines is 1. The van der Waals surface area contributed by atoms with E-state index in [4.69, 9.17) is 17.2 Å². The number of nitrogens with two attached hydrogens (primary N) is 3. The number of β-amino-alcohol motifs (C(OH)–C–C–N with tert-alkyl or cyclic N) is 1. The third-order valence-electron chi connectivity index (χ3n) is 14.4. The molecule has 0 bridgehead atoms. The number of nitrogens with one attached hydrogen (secondary N) is 9. The van der Waals surface area contributed by atoms with Crippen molar-refractivity contribution in [3.63, 3.8) is 0 Å². The topological polar surface area (TPSA) is 457 Å². The number of para-hydroxylation sites is 1.